The largest absolute Gasteiger partial charge is 1.00 e. The van der Waals surface area contributed by atoms with E-state index >= 15 is 0 Å². The molecule has 1 saturated heterocycles. The summed E-state index contributed by atoms with van der Waals surface area (Å²) in [6.07, 6.45) is -7.99. The Morgan fingerprint density at radius 2 is 1.47 bits per heavy atom. The van der Waals surface area contributed by atoms with Gasteiger partial charge in [0.15, 0.2) is 17.2 Å². The molecule has 1 aliphatic heterocycles. The van der Waals surface area contributed by atoms with Crippen molar-refractivity contribution in [1.29, 1.82) is 0 Å². The first-order valence-electron chi connectivity index (χ1n) is 9.66. The van der Waals surface area contributed by atoms with Crippen LogP contribution in [0.1, 0.15) is 0 Å². The van der Waals surface area contributed by atoms with Gasteiger partial charge in [0.2, 0.25) is 12.0 Å². The first-order valence-corrected chi connectivity index (χ1v) is 9.66. The van der Waals surface area contributed by atoms with E-state index in [9.17, 15) is 46.0 Å². The number of hydrogen-bond donors (Lipinski definition) is 9. The summed E-state index contributed by atoms with van der Waals surface area (Å²) in [5, 5.41) is 89.2. The molecule has 1 aliphatic rings. The summed E-state index contributed by atoms with van der Waals surface area (Å²) in [7, 11) is 0. The topological polar surface area (TPSA) is 212 Å². The van der Waals surface area contributed by atoms with E-state index in [0.717, 1.165) is 18.2 Å². The van der Waals surface area contributed by atoms with E-state index in [1.165, 1.54) is 12.1 Å². The van der Waals surface area contributed by atoms with Crippen LogP contribution in [0.3, 0.4) is 0 Å². The second-order valence-electron chi connectivity index (χ2n) is 7.49. The predicted molar refractivity (Wildman–Crippen MR) is 109 cm³/mol. The molecule has 2 aromatic carbocycles. The average molecular weight is 501 g/mol. The van der Waals surface area contributed by atoms with Gasteiger partial charge in [0.25, 0.3) is 0 Å². The van der Waals surface area contributed by atoms with Crippen molar-refractivity contribution in [3.8, 4) is 45.8 Å². The van der Waals surface area contributed by atoms with Crippen LogP contribution in [0.25, 0.3) is 22.3 Å². The van der Waals surface area contributed by atoms with Gasteiger partial charge in [-0.2, -0.15) is 0 Å². The zero-order valence-electron chi connectivity index (χ0n) is 17.1. The van der Waals surface area contributed by atoms with Crippen molar-refractivity contribution in [3.05, 3.63) is 30.3 Å². The van der Waals surface area contributed by atoms with Crippen LogP contribution in [0.15, 0.2) is 34.7 Å². The number of aliphatic hydroxyl groups is 4. The number of halogens is 1. The summed E-state index contributed by atoms with van der Waals surface area (Å²) in [5.41, 5.74) is -0.0529. The van der Waals surface area contributed by atoms with Gasteiger partial charge in [-0.05, 0) is 0 Å². The molecule has 0 bridgehead atoms. The molecule has 0 spiro atoms. The van der Waals surface area contributed by atoms with Gasteiger partial charge in [-0.3, -0.25) is 0 Å². The zero-order valence-corrected chi connectivity index (χ0v) is 17.9. The molecule has 184 valence electrons. The van der Waals surface area contributed by atoms with Crippen molar-refractivity contribution in [2.45, 2.75) is 30.7 Å². The Kier molecular flexibility index (Phi) is 7.12. The Hall–Kier alpha value is -3.26. The Labute approximate surface area is 197 Å². The Morgan fingerprint density at radius 3 is 2.09 bits per heavy atom. The Bertz CT molecular complexity index is 1180. The Morgan fingerprint density at radius 1 is 0.824 bits per heavy atom. The number of fused-ring (bicyclic) bond motifs is 1. The van der Waals surface area contributed by atoms with Crippen LogP contribution in [0.2, 0.25) is 0 Å². The average Bonchev–Trinajstić information content (AvgIpc) is 2.77. The summed E-state index contributed by atoms with van der Waals surface area (Å²) >= 11 is 0. The second kappa shape index (κ2) is 9.54. The van der Waals surface area contributed by atoms with Crippen molar-refractivity contribution in [2.24, 2.45) is 0 Å². The molecular weight excluding hydrogens is 480 g/mol. The van der Waals surface area contributed by atoms with Gasteiger partial charge in [0.05, 0.1) is 18.2 Å². The number of aliphatic hydroxyl groups excluding tert-OH is 4. The fourth-order valence-corrected chi connectivity index (χ4v) is 3.50. The summed E-state index contributed by atoms with van der Waals surface area (Å²) in [4.78, 5) is 0. The second-order valence-corrected chi connectivity index (χ2v) is 7.49. The van der Waals surface area contributed by atoms with Crippen molar-refractivity contribution >= 4 is 11.0 Å². The molecule has 1 aromatic heterocycles. The molecule has 5 atom stereocenters. The van der Waals surface area contributed by atoms with E-state index in [1.54, 1.807) is 0 Å². The third-order valence-electron chi connectivity index (χ3n) is 5.24. The molecule has 0 unspecified atom stereocenters. The molecule has 2 heterocycles. The zero-order chi connectivity index (χ0) is 24.0. The highest BCUT2D eigenvalue weighted by atomic mass is 35.5. The lowest BCUT2D eigenvalue weighted by Gasteiger charge is -2.39. The van der Waals surface area contributed by atoms with E-state index < -0.39 is 60.3 Å². The monoisotopic (exact) mass is 500 g/mol. The van der Waals surface area contributed by atoms with Gasteiger partial charge < -0.3 is 67.8 Å². The third-order valence-corrected chi connectivity index (χ3v) is 5.24. The molecule has 34 heavy (non-hydrogen) atoms. The van der Waals surface area contributed by atoms with Crippen molar-refractivity contribution in [2.75, 3.05) is 6.61 Å². The van der Waals surface area contributed by atoms with Gasteiger partial charge in [-0.15, -0.1) is 0 Å². The molecule has 13 heteroatoms. The van der Waals surface area contributed by atoms with Crippen LogP contribution in [-0.4, -0.2) is 83.3 Å². The van der Waals surface area contributed by atoms with E-state index in [0.29, 0.717) is 0 Å². The number of rotatable bonds is 4. The maximum Gasteiger partial charge on any atom is 0.402 e. The fraction of sp³-hybridized carbons (Fsp3) is 0.286. The Balaban J connectivity index is 0.00000324. The molecule has 12 nitrogen and oxygen atoms in total. The lowest BCUT2D eigenvalue weighted by Crippen LogP contribution is -3.00. The van der Waals surface area contributed by atoms with Gasteiger partial charge in [0, 0.05) is 24.3 Å². The number of phenols is 5. The van der Waals surface area contributed by atoms with Gasteiger partial charge in [-0.1, -0.05) is 0 Å². The standard InChI is InChI=1S/C21H20O12.ClH/c22-6-15-17(28)18(29)19(30)21(33-15)32-14-5-9-10(24)3-8(23)4-13(9)31-20(14)7-1-11(25)16(27)12(26)2-7;/h1-5,15,17-19,21-22,28-30H,6H2,(H4-,23,24,25,26,27);1H/t15-,17-,18+,19-,21-;/m1./s1. The maximum atomic E-state index is 10.3. The molecule has 1 fully saturated rings. The van der Waals surface area contributed by atoms with Crippen molar-refractivity contribution in [1.82, 2.24) is 0 Å². The van der Waals surface area contributed by atoms with Crippen LogP contribution < -0.4 is 17.1 Å². The highest BCUT2D eigenvalue weighted by Gasteiger charge is 2.45. The number of aromatic hydroxyl groups is 5. The highest BCUT2D eigenvalue weighted by molar-refractivity contribution is 5.88. The quantitative estimate of drug-likeness (QED) is 0.130. The summed E-state index contributed by atoms with van der Waals surface area (Å²) < 4.78 is 16.7. The van der Waals surface area contributed by atoms with Crippen LogP contribution in [-0.2, 0) is 4.74 Å². The summed E-state index contributed by atoms with van der Waals surface area (Å²) in [6.45, 7) is -0.695. The normalized spacial score (nSPS) is 24.5. The first kappa shape index (κ1) is 25.4. The lowest BCUT2D eigenvalue weighted by molar-refractivity contribution is -0.277. The van der Waals surface area contributed by atoms with E-state index in [4.69, 9.17) is 13.9 Å². The van der Waals surface area contributed by atoms with Crippen molar-refractivity contribution in [3.63, 3.8) is 0 Å². The van der Waals surface area contributed by atoms with Gasteiger partial charge in [-0.25, -0.2) is 4.42 Å². The first-order chi connectivity index (χ1) is 15.6. The number of phenolic OH excluding ortho intramolecular Hbond substituents is 5. The minimum Gasteiger partial charge on any atom is -1.00 e. The number of hydrogen-bond acceptors (Lipinski definition) is 11. The van der Waals surface area contributed by atoms with Gasteiger partial charge >= 0.3 is 11.3 Å². The summed E-state index contributed by atoms with van der Waals surface area (Å²) in [5.74, 6) is -3.32. The van der Waals surface area contributed by atoms with Crippen molar-refractivity contribution < 1.29 is 72.3 Å². The molecule has 4 rings (SSSR count). The molecule has 9 N–H and O–H groups in total. The molecule has 0 aliphatic carbocycles. The van der Waals surface area contributed by atoms with Gasteiger partial charge in [0.1, 0.15) is 41.3 Å². The minimum atomic E-state index is -1.76. The van der Waals surface area contributed by atoms with E-state index in [1.807, 2.05) is 0 Å². The SMILES string of the molecule is OC[C@H]1O[C@@H](Oc2cc3c(O)cc(O)cc3[o+]c2-c2cc(O)c(O)c(O)c2)[C@H](O)[C@@H](O)[C@@H]1O.[Cl-]. The maximum absolute atomic E-state index is 10.3. The fourth-order valence-electron chi connectivity index (χ4n) is 3.50. The smallest absolute Gasteiger partial charge is 0.402 e. The molecule has 0 saturated carbocycles. The molecular formula is C21H21ClO12. The van der Waals surface area contributed by atoms with Crippen LogP contribution in [0.5, 0.6) is 34.5 Å². The number of ether oxygens (including phenoxy) is 2. The molecule has 0 amide bonds. The summed E-state index contributed by atoms with van der Waals surface area (Å²) in [6, 6.07) is 5.51. The predicted octanol–water partition coefficient (Wildman–Crippen LogP) is -2.91. The van der Waals surface area contributed by atoms with Crippen LogP contribution in [0.4, 0.5) is 0 Å². The lowest BCUT2D eigenvalue weighted by atomic mass is 9.99. The third kappa shape index (κ3) is 4.42. The van der Waals surface area contributed by atoms with E-state index in [-0.39, 0.29) is 46.2 Å². The molecule has 0 radical (unpaired) electrons. The van der Waals surface area contributed by atoms with Crippen LogP contribution in [0, 0.1) is 0 Å². The highest BCUT2D eigenvalue weighted by Crippen LogP contribution is 2.44. The minimum absolute atomic E-state index is 0. The molecule has 3 aromatic rings. The number of benzene rings is 2. The van der Waals surface area contributed by atoms with Crippen LogP contribution >= 0.6 is 0 Å². The van der Waals surface area contributed by atoms with E-state index in [2.05, 4.69) is 0 Å².